The Kier molecular flexibility index (Phi) is 12.6. The minimum atomic E-state index is -1.65. The van der Waals surface area contributed by atoms with E-state index >= 15 is 0 Å². The summed E-state index contributed by atoms with van der Waals surface area (Å²) in [4.78, 5) is 47.2. The van der Waals surface area contributed by atoms with Crippen molar-refractivity contribution in [2.75, 3.05) is 51.6 Å². The number of anilines is 1. The lowest BCUT2D eigenvalue weighted by atomic mass is 9.96. The smallest absolute Gasteiger partial charge is 0.258 e. The highest BCUT2D eigenvalue weighted by molar-refractivity contribution is 8.00. The Balaban J connectivity index is 1.29. The summed E-state index contributed by atoms with van der Waals surface area (Å²) in [6.45, 7) is 9.12. The number of amides is 3. The first kappa shape index (κ1) is 39.1. The average molecular weight is 732 g/mol. The number of carbonyl (C=O) groups is 3. The van der Waals surface area contributed by atoms with Crippen molar-refractivity contribution in [3.05, 3.63) is 94.5 Å². The van der Waals surface area contributed by atoms with Crippen molar-refractivity contribution in [2.24, 2.45) is 0 Å². The maximum atomic E-state index is 14.1. The molecule has 4 N–H and O–H groups in total. The van der Waals surface area contributed by atoms with Gasteiger partial charge in [0.2, 0.25) is 5.91 Å². The van der Waals surface area contributed by atoms with Crippen LogP contribution in [0.15, 0.2) is 66.7 Å². The fourth-order valence-corrected chi connectivity index (χ4v) is 8.23. The maximum absolute atomic E-state index is 14.1. The molecule has 5 atom stereocenters. The number of aryl methyl sites for hydroxylation is 2. The highest BCUT2D eigenvalue weighted by Crippen LogP contribution is 2.41. The van der Waals surface area contributed by atoms with Crippen LogP contribution in [0.3, 0.4) is 0 Å². The zero-order valence-electron chi connectivity index (χ0n) is 31.3. The standard InChI is InChI=1S/C40H53N5O6S/c1-25-19-29(44(7)18-17-43(5)6)20-26(2)36(25)51-23-33(47)41-31(21-27-13-9-8-10-14-27)35(48)39(50)45-24-52-40(3,4)37(45)38(49)42-34-30-16-12-11-15-28(30)22-32(34)46/h8-16,19-20,31-32,34-35,37,46,48H,17-18,21-24H2,1-7H3,(H,41,47)(H,42,49). The van der Waals surface area contributed by atoms with Gasteiger partial charge in [0.05, 0.1) is 24.1 Å². The van der Waals surface area contributed by atoms with Gasteiger partial charge in [0.25, 0.3) is 11.8 Å². The van der Waals surface area contributed by atoms with E-state index in [1.54, 1.807) is 0 Å². The number of nitrogens with one attached hydrogen (secondary N) is 2. The number of carbonyl (C=O) groups excluding carboxylic acids is 3. The molecule has 0 bridgehead atoms. The third-order valence-corrected chi connectivity index (χ3v) is 11.3. The quantitative estimate of drug-likeness (QED) is 0.197. The SMILES string of the molecule is Cc1cc(N(C)CCN(C)C)cc(C)c1OCC(=O)NC(Cc1ccccc1)C(O)C(=O)N1CSC(C)(C)C1C(=O)NC1c2ccccc2CC1O. The van der Waals surface area contributed by atoms with E-state index in [1.807, 2.05) is 116 Å². The van der Waals surface area contributed by atoms with E-state index in [1.165, 1.54) is 16.7 Å². The number of likely N-dealkylation sites (N-methyl/N-ethyl adjacent to an activating group) is 2. The molecule has 3 aromatic rings. The van der Waals surface area contributed by atoms with Crippen LogP contribution in [0.5, 0.6) is 5.75 Å². The van der Waals surface area contributed by atoms with Gasteiger partial charge in [0.1, 0.15) is 11.8 Å². The molecular formula is C40H53N5O6S. The second kappa shape index (κ2) is 16.7. The van der Waals surface area contributed by atoms with Gasteiger partial charge in [-0.05, 0) is 88.2 Å². The zero-order chi connectivity index (χ0) is 37.7. The lowest BCUT2D eigenvalue weighted by molar-refractivity contribution is -0.148. The van der Waals surface area contributed by atoms with E-state index in [4.69, 9.17) is 4.74 Å². The highest BCUT2D eigenvalue weighted by atomic mass is 32.2. The number of benzene rings is 3. The minimum absolute atomic E-state index is 0.178. The molecule has 0 radical (unpaired) electrons. The average Bonchev–Trinajstić information content (AvgIpc) is 3.60. The summed E-state index contributed by atoms with van der Waals surface area (Å²) in [5.41, 5.74) is 5.48. The molecule has 0 aromatic heterocycles. The molecule has 2 aliphatic rings. The van der Waals surface area contributed by atoms with Crippen LogP contribution >= 0.6 is 11.8 Å². The molecule has 5 rings (SSSR count). The molecule has 1 aliphatic heterocycles. The molecule has 1 heterocycles. The Morgan fingerprint density at radius 1 is 1.00 bits per heavy atom. The van der Waals surface area contributed by atoms with E-state index in [0.29, 0.717) is 12.2 Å². The van der Waals surface area contributed by atoms with E-state index < -0.39 is 52.8 Å². The lowest BCUT2D eigenvalue weighted by Crippen LogP contribution is -2.59. The van der Waals surface area contributed by atoms with Crippen molar-refractivity contribution in [3.63, 3.8) is 0 Å². The Labute approximate surface area is 311 Å². The van der Waals surface area contributed by atoms with Crippen LogP contribution in [0.4, 0.5) is 5.69 Å². The van der Waals surface area contributed by atoms with E-state index in [9.17, 15) is 24.6 Å². The number of aliphatic hydroxyl groups excluding tert-OH is 2. The molecule has 0 saturated carbocycles. The van der Waals surface area contributed by atoms with Crippen molar-refractivity contribution < 1.29 is 29.3 Å². The molecule has 3 aromatic carbocycles. The number of nitrogens with zero attached hydrogens (tertiary/aromatic N) is 3. The van der Waals surface area contributed by atoms with Crippen LogP contribution in [0.25, 0.3) is 0 Å². The largest absolute Gasteiger partial charge is 0.483 e. The number of rotatable bonds is 14. The van der Waals surface area contributed by atoms with Crippen molar-refractivity contribution in [2.45, 2.75) is 75.6 Å². The number of fused-ring (bicyclic) bond motifs is 1. The molecule has 1 aliphatic carbocycles. The van der Waals surface area contributed by atoms with Crippen LogP contribution in [0, 0.1) is 13.8 Å². The third kappa shape index (κ3) is 9.09. The van der Waals surface area contributed by atoms with Crippen LogP contribution in [0.1, 0.15) is 47.7 Å². The molecule has 5 unspecified atom stereocenters. The van der Waals surface area contributed by atoms with Gasteiger partial charge in [-0.3, -0.25) is 14.4 Å². The Morgan fingerprint density at radius 2 is 1.65 bits per heavy atom. The van der Waals surface area contributed by atoms with Crippen LogP contribution < -0.4 is 20.3 Å². The van der Waals surface area contributed by atoms with Gasteiger partial charge in [-0.15, -0.1) is 11.8 Å². The fraction of sp³-hybridized carbons (Fsp3) is 0.475. The molecular weight excluding hydrogens is 679 g/mol. The molecule has 1 fully saturated rings. The first-order valence-corrected chi connectivity index (χ1v) is 18.8. The summed E-state index contributed by atoms with van der Waals surface area (Å²) in [7, 11) is 6.12. The van der Waals surface area contributed by atoms with Gasteiger partial charge in [-0.1, -0.05) is 54.6 Å². The second-order valence-corrected chi connectivity index (χ2v) is 16.4. The van der Waals surface area contributed by atoms with Crippen molar-refractivity contribution in [3.8, 4) is 5.75 Å². The van der Waals surface area contributed by atoms with Crippen LogP contribution in [0.2, 0.25) is 0 Å². The summed E-state index contributed by atoms with van der Waals surface area (Å²) >= 11 is 1.44. The Hall–Kier alpha value is -4.10. The van der Waals surface area contributed by atoms with E-state index in [-0.39, 0.29) is 18.9 Å². The molecule has 11 nitrogen and oxygen atoms in total. The number of aliphatic hydroxyl groups is 2. The van der Waals surface area contributed by atoms with Gasteiger partial charge in [-0.25, -0.2) is 0 Å². The van der Waals surface area contributed by atoms with E-state index in [0.717, 1.165) is 46.6 Å². The predicted molar refractivity (Wildman–Crippen MR) is 206 cm³/mol. The highest BCUT2D eigenvalue weighted by Gasteiger charge is 2.50. The molecule has 280 valence electrons. The summed E-state index contributed by atoms with van der Waals surface area (Å²) in [6, 6.07) is 18.4. The van der Waals surface area contributed by atoms with Crippen molar-refractivity contribution in [1.82, 2.24) is 20.4 Å². The summed E-state index contributed by atoms with van der Waals surface area (Å²) in [5, 5.41) is 28.3. The Bertz CT molecular complexity index is 1710. The molecule has 3 amide bonds. The van der Waals surface area contributed by atoms with Gasteiger partial charge in [-0.2, -0.15) is 0 Å². The molecule has 52 heavy (non-hydrogen) atoms. The number of ether oxygens (including phenoxy) is 1. The van der Waals surface area contributed by atoms with Gasteiger partial charge in [0, 0.05) is 37.0 Å². The maximum Gasteiger partial charge on any atom is 0.258 e. The number of hydrogen-bond donors (Lipinski definition) is 4. The molecule has 0 spiro atoms. The van der Waals surface area contributed by atoms with Crippen molar-refractivity contribution in [1.29, 1.82) is 0 Å². The van der Waals surface area contributed by atoms with E-state index in [2.05, 4.69) is 20.4 Å². The Morgan fingerprint density at radius 3 is 2.33 bits per heavy atom. The summed E-state index contributed by atoms with van der Waals surface area (Å²) in [6.07, 6.45) is -1.83. The van der Waals surface area contributed by atoms with Gasteiger partial charge >= 0.3 is 0 Å². The first-order valence-electron chi connectivity index (χ1n) is 17.8. The normalized spacial score (nSPS) is 20.3. The number of hydrogen-bond acceptors (Lipinski definition) is 9. The van der Waals surface area contributed by atoms with Crippen LogP contribution in [-0.4, -0.2) is 113 Å². The lowest BCUT2D eigenvalue weighted by Gasteiger charge is -2.34. The molecule has 12 heteroatoms. The van der Waals surface area contributed by atoms with Crippen molar-refractivity contribution >= 4 is 35.2 Å². The van der Waals surface area contributed by atoms with Gasteiger partial charge < -0.3 is 40.3 Å². The summed E-state index contributed by atoms with van der Waals surface area (Å²) in [5.74, 6) is -0.768. The monoisotopic (exact) mass is 731 g/mol. The second-order valence-electron chi connectivity index (χ2n) is 14.8. The third-order valence-electron chi connectivity index (χ3n) is 9.97. The fourth-order valence-electron chi connectivity index (χ4n) is 7.09. The summed E-state index contributed by atoms with van der Waals surface area (Å²) < 4.78 is 5.35. The topological polar surface area (TPSA) is 135 Å². The number of thioether (sulfide) groups is 1. The first-order chi connectivity index (χ1) is 24.7. The predicted octanol–water partition coefficient (Wildman–Crippen LogP) is 3.22. The van der Waals surface area contributed by atoms with Gasteiger partial charge in [0.15, 0.2) is 12.7 Å². The zero-order valence-corrected chi connectivity index (χ0v) is 32.1. The van der Waals surface area contributed by atoms with Crippen LogP contribution in [-0.2, 0) is 27.2 Å². The molecule has 1 saturated heterocycles. The minimum Gasteiger partial charge on any atom is -0.483 e.